The topological polar surface area (TPSA) is 82.9 Å². The smallest absolute Gasteiger partial charge is 0.173 e. The summed E-state index contributed by atoms with van der Waals surface area (Å²) in [4.78, 5) is 29.1. The number of hydrogen-bond acceptors (Lipinski definition) is 6. The Labute approximate surface area is 182 Å². The SMILES string of the molecule is CC(=O)C1=C(C)NC(SCC(=O)c2cccc(Br)c2)=C(C#N)[C@H]1c1cccnc1. The molecule has 2 aromatic rings. The van der Waals surface area contributed by atoms with Crippen molar-refractivity contribution in [3.8, 4) is 6.07 Å². The lowest BCUT2D eigenvalue weighted by molar-refractivity contribution is -0.113. The van der Waals surface area contributed by atoms with E-state index >= 15 is 0 Å². The number of thioether (sulfide) groups is 1. The quantitative estimate of drug-likeness (QED) is 0.617. The van der Waals surface area contributed by atoms with Crippen LogP contribution >= 0.6 is 27.7 Å². The number of nitrogens with zero attached hydrogens (tertiary/aromatic N) is 2. The summed E-state index contributed by atoms with van der Waals surface area (Å²) >= 11 is 4.64. The van der Waals surface area contributed by atoms with Gasteiger partial charge in [0.1, 0.15) is 0 Å². The van der Waals surface area contributed by atoms with Gasteiger partial charge in [-0.15, -0.1) is 0 Å². The fourth-order valence-corrected chi connectivity index (χ4v) is 4.64. The minimum Gasteiger partial charge on any atom is -0.353 e. The highest BCUT2D eigenvalue weighted by Gasteiger charge is 2.33. The molecule has 1 aromatic carbocycles. The van der Waals surface area contributed by atoms with E-state index in [4.69, 9.17) is 0 Å². The Bertz CT molecular complexity index is 1070. The Morgan fingerprint density at radius 3 is 2.72 bits per heavy atom. The average Bonchev–Trinajstić information content (AvgIpc) is 2.71. The largest absolute Gasteiger partial charge is 0.353 e. The van der Waals surface area contributed by atoms with Gasteiger partial charge in [0.05, 0.1) is 28.3 Å². The lowest BCUT2D eigenvalue weighted by Crippen LogP contribution is -2.27. The molecule has 0 saturated carbocycles. The number of carbonyl (C=O) groups excluding carboxylic acids is 2. The van der Waals surface area contributed by atoms with Crippen LogP contribution in [0.25, 0.3) is 0 Å². The first-order chi connectivity index (χ1) is 13.9. The number of ketones is 2. The molecule has 1 atom stereocenters. The van der Waals surface area contributed by atoms with Crippen molar-refractivity contribution in [3.63, 3.8) is 0 Å². The molecule has 0 radical (unpaired) electrons. The number of Topliss-reactive ketones (excluding diaryl/α,β-unsaturated/α-hetero) is 2. The van der Waals surface area contributed by atoms with Gasteiger partial charge in [0.15, 0.2) is 11.6 Å². The van der Waals surface area contributed by atoms with Crippen molar-refractivity contribution in [2.24, 2.45) is 0 Å². The maximum absolute atomic E-state index is 12.6. The third-order valence-corrected chi connectivity index (χ3v) is 6.05. The molecule has 0 saturated heterocycles. The van der Waals surface area contributed by atoms with E-state index in [0.29, 0.717) is 27.4 Å². The normalized spacial score (nSPS) is 16.3. The fraction of sp³-hybridized carbons (Fsp3) is 0.182. The first-order valence-electron chi connectivity index (χ1n) is 8.86. The molecule has 0 bridgehead atoms. The molecule has 29 heavy (non-hydrogen) atoms. The van der Waals surface area contributed by atoms with Crippen molar-refractivity contribution < 1.29 is 9.59 Å². The molecule has 2 heterocycles. The molecule has 1 N–H and O–H groups in total. The summed E-state index contributed by atoms with van der Waals surface area (Å²) in [7, 11) is 0. The van der Waals surface area contributed by atoms with Crippen LogP contribution in [0.4, 0.5) is 0 Å². The number of allylic oxidation sites excluding steroid dienone is 3. The summed E-state index contributed by atoms with van der Waals surface area (Å²) in [5.41, 5.74) is 3.01. The summed E-state index contributed by atoms with van der Waals surface area (Å²) in [5.74, 6) is -0.478. The summed E-state index contributed by atoms with van der Waals surface area (Å²) < 4.78 is 0.836. The van der Waals surface area contributed by atoms with Gasteiger partial charge in [0.25, 0.3) is 0 Å². The minimum atomic E-state index is -0.504. The summed E-state index contributed by atoms with van der Waals surface area (Å²) in [6.07, 6.45) is 3.31. The summed E-state index contributed by atoms with van der Waals surface area (Å²) in [6.45, 7) is 3.30. The third-order valence-electron chi connectivity index (χ3n) is 4.54. The van der Waals surface area contributed by atoms with Crippen LogP contribution in [0.5, 0.6) is 0 Å². The van der Waals surface area contributed by atoms with E-state index in [2.05, 4.69) is 32.3 Å². The number of benzene rings is 1. The highest BCUT2D eigenvalue weighted by Crippen LogP contribution is 2.40. The molecule has 0 aliphatic carbocycles. The molecule has 146 valence electrons. The van der Waals surface area contributed by atoms with Gasteiger partial charge in [0.2, 0.25) is 0 Å². The van der Waals surface area contributed by atoms with Crippen LogP contribution in [0.2, 0.25) is 0 Å². The Kier molecular flexibility index (Phi) is 6.68. The van der Waals surface area contributed by atoms with E-state index in [1.54, 1.807) is 30.6 Å². The predicted molar refractivity (Wildman–Crippen MR) is 117 cm³/mol. The van der Waals surface area contributed by atoms with Gasteiger partial charge in [-0.2, -0.15) is 5.26 Å². The molecule has 1 aliphatic heterocycles. The van der Waals surface area contributed by atoms with Crippen LogP contribution in [-0.2, 0) is 4.79 Å². The predicted octanol–water partition coefficient (Wildman–Crippen LogP) is 4.75. The lowest BCUT2D eigenvalue weighted by Gasteiger charge is -2.29. The van der Waals surface area contributed by atoms with E-state index < -0.39 is 5.92 Å². The van der Waals surface area contributed by atoms with Crippen LogP contribution in [0.1, 0.15) is 35.7 Å². The lowest BCUT2D eigenvalue weighted by atomic mass is 9.81. The van der Waals surface area contributed by atoms with Crippen LogP contribution < -0.4 is 5.32 Å². The minimum absolute atomic E-state index is 0.0418. The van der Waals surface area contributed by atoms with E-state index in [1.807, 2.05) is 25.1 Å². The van der Waals surface area contributed by atoms with E-state index in [9.17, 15) is 14.9 Å². The second-order valence-electron chi connectivity index (χ2n) is 6.52. The fourth-order valence-electron chi connectivity index (χ4n) is 3.26. The number of pyridine rings is 1. The number of carbonyl (C=O) groups is 2. The molecule has 0 unspecified atom stereocenters. The molecule has 0 spiro atoms. The van der Waals surface area contributed by atoms with Crippen molar-refractivity contribution in [2.75, 3.05) is 5.75 Å². The van der Waals surface area contributed by atoms with Gasteiger partial charge in [0, 0.05) is 33.7 Å². The Morgan fingerprint density at radius 1 is 1.31 bits per heavy atom. The standard InChI is InChI=1S/C22H18BrN3O2S/c1-13-20(14(2)27)21(16-6-4-8-25-11-16)18(10-24)22(26-13)29-12-19(28)15-5-3-7-17(23)9-15/h3-9,11,21,26H,12H2,1-2H3/t21-/m1/s1. The second kappa shape index (κ2) is 9.21. The molecule has 5 nitrogen and oxygen atoms in total. The third kappa shape index (κ3) is 4.66. The van der Waals surface area contributed by atoms with Crippen molar-refractivity contribution in [1.29, 1.82) is 5.26 Å². The number of nitriles is 1. The Balaban J connectivity index is 1.94. The monoisotopic (exact) mass is 467 g/mol. The van der Waals surface area contributed by atoms with Gasteiger partial charge in [-0.1, -0.05) is 45.9 Å². The number of hydrogen-bond donors (Lipinski definition) is 1. The average molecular weight is 468 g/mol. The van der Waals surface area contributed by atoms with E-state index in [0.717, 1.165) is 10.0 Å². The van der Waals surface area contributed by atoms with Crippen LogP contribution in [-0.4, -0.2) is 22.3 Å². The van der Waals surface area contributed by atoms with Crippen LogP contribution in [0.3, 0.4) is 0 Å². The molecule has 3 rings (SSSR count). The molecular weight excluding hydrogens is 450 g/mol. The van der Waals surface area contributed by atoms with Gasteiger partial charge in [-0.25, -0.2) is 0 Å². The highest BCUT2D eigenvalue weighted by atomic mass is 79.9. The van der Waals surface area contributed by atoms with Crippen molar-refractivity contribution in [3.05, 3.63) is 86.3 Å². The number of halogens is 1. The summed E-state index contributed by atoms with van der Waals surface area (Å²) in [5, 5.41) is 13.6. The zero-order valence-corrected chi connectivity index (χ0v) is 18.3. The van der Waals surface area contributed by atoms with Crippen molar-refractivity contribution in [2.45, 2.75) is 19.8 Å². The van der Waals surface area contributed by atoms with Gasteiger partial charge >= 0.3 is 0 Å². The Morgan fingerprint density at radius 2 is 2.10 bits per heavy atom. The van der Waals surface area contributed by atoms with Crippen LogP contribution in [0.15, 0.2) is 75.1 Å². The van der Waals surface area contributed by atoms with Crippen molar-refractivity contribution in [1.82, 2.24) is 10.3 Å². The van der Waals surface area contributed by atoms with Crippen molar-refractivity contribution >= 4 is 39.3 Å². The Hall–Kier alpha value is -2.69. The molecule has 1 aliphatic rings. The van der Waals surface area contributed by atoms with Crippen LogP contribution in [0, 0.1) is 11.3 Å². The molecule has 0 amide bonds. The zero-order chi connectivity index (χ0) is 21.0. The number of dihydropyridines is 1. The summed E-state index contributed by atoms with van der Waals surface area (Å²) in [6, 6.07) is 13.1. The molecule has 7 heteroatoms. The zero-order valence-electron chi connectivity index (χ0n) is 15.9. The number of aromatic nitrogens is 1. The first kappa shape index (κ1) is 21.0. The van der Waals surface area contributed by atoms with E-state index in [1.165, 1.54) is 18.7 Å². The molecular formula is C22H18BrN3O2S. The number of nitrogens with one attached hydrogen (secondary N) is 1. The maximum atomic E-state index is 12.6. The maximum Gasteiger partial charge on any atom is 0.173 e. The first-order valence-corrected chi connectivity index (χ1v) is 10.6. The molecule has 1 aromatic heterocycles. The molecule has 0 fully saturated rings. The highest BCUT2D eigenvalue weighted by molar-refractivity contribution is 9.10. The van der Waals surface area contributed by atoms with Gasteiger partial charge in [-0.05, 0) is 37.6 Å². The number of rotatable bonds is 6. The van der Waals surface area contributed by atoms with E-state index in [-0.39, 0.29) is 17.3 Å². The van der Waals surface area contributed by atoms with Gasteiger partial charge in [-0.3, -0.25) is 14.6 Å². The second-order valence-corrected chi connectivity index (χ2v) is 8.42. The van der Waals surface area contributed by atoms with Gasteiger partial charge < -0.3 is 5.32 Å².